The van der Waals surface area contributed by atoms with Gasteiger partial charge in [-0.3, -0.25) is 4.79 Å². The highest BCUT2D eigenvalue weighted by atomic mass is 32.2. The summed E-state index contributed by atoms with van der Waals surface area (Å²) < 4.78 is 25.1. The zero-order valence-electron chi connectivity index (χ0n) is 9.59. The molecule has 2 aliphatic rings. The first kappa shape index (κ1) is 11.5. The summed E-state index contributed by atoms with van der Waals surface area (Å²) in [5.74, 6) is -0.0708. The van der Waals surface area contributed by atoms with Crippen molar-refractivity contribution >= 4 is 21.6 Å². The Labute approximate surface area is 105 Å². The molecule has 0 bridgehead atoms. The molecule has 7 heteroatoms. The summed E-state index contributed by atoms with van der Waals surface area (Å²) in [6, 6.07) is 4.83. The Bertz CT molecular complexity index is 620. The van der Waals surface area contributed by atoms with Crippen LogP contribution in [0.15, 0.2) is 23.1 Å². The number of carbonyl (C=O) groups is 1. The minimum absolute atomic E-state index is 0.0622. The molecule has 0 radical (unpaired) electrons. The second-order valence-corrected chi connectivity index (χ2v) is 6.27. The predicted molar refractivity (Wildman–Crippen MR) is 65.9 cm³/mol. The number of rotatable bonds is 2. The molecule has 0 saturated carbocycles. The Morgan fingerprint density at radius 3 is 2.78 bits per heavy atom. The molecule has 0 unspecified atom stereocenters. The van der Waals surface area contributed by atoms with E-state index in [1.807, 2.05) is 4.72 Å². The lowest BCUT2D eigenvalue weighted by Crippen LogP contribution is -2.50. The van der Waals surface area contributed by atoms with Gasteiger partial charge in [0, 0.05) is 24.7 Å². The lowest BCUT2D eigenvalue weighted by Gasteiger charge is -2.40. The molecule has 1 fully saturated rings. The van der Waals surface area contributed by atoms with Crippen molar-refractivity contribution in [2.24, 2.45) is 11.7 Å². The molecule has 18 heavy (non-hydrogen) atoms. The van der Waals surface area contributed by atoms with E-state index in [-0.39, 0.29) is 10.5 Å². The molecule has 2 aliphatic heterocycles. The first-order chi connectivity index (χ1) is 8.51. The summed E-state index contributed by atoms with van der Waals surface area (Å²) in [4.78, 5) is 13.7. The molecule has 6 nitrogen and oxygen atoms in total. The molecule has 0 aliphatic carbocycles. The number of nitrogens with two attached hydrogens (primary N) is 1. The van der Waals surface area contributed by atoms with Crippen molar-refractivity contribution in [3.8, 4) is 0 Å². The third-order valence-corrected chi connectivity index (χ3v) is 4.77. The van der Waals surface area contributed by atoms with E-state index in [0.717, 1.165) is 18.8 Å². The smallest absolute Gasteiger partial charge is 0.266 e. The molecule has 1 aromatic rings. The summed E-state index contributed by atoms with van der Waals surface area (Å²) >= 11 is 0. The lowest BCUT2D eigenvalue weighted by atomic mass is 9.99. The standard InChI is InChI=1S/C11H13N3O3S/c12-4-7-5-14(6-7)8-1-2-10-9(3-8)11(15)13-18(10,16)17/h1-3,7H,4-6,12H2,(H,13,15). The van der Waals surface area contributed by atoms with Crippen molar-refractivity contribution in [1.29, 1.82) is 0 Å². The summed E-state index contributed by atoms with van der Waals surface area (Å²) in [7, 11) is -3.64. The van der Waals surface area contributed by atoms with Gasteiger partial charge in [-0.05, 0) is 24.7 Å². The molecule has 1 aromatic carbocycles. The fourth-order valence-electron chi connectivity index (χ4n) is 2.29. The van der Waals surface area contributed by atoms with E-state index in [1.165, 1.54) is 6.07 Å². The van der Waals surface area contributed by atoms with Crippen molar-refractivity contribution in [3.63, 3.8) is 0 Å². The third-order valence-electron chi connectivity index (χ3n) is 3.38. The number of amides is 1. The Hall–Kier alpha value is -1.60. The van der Waals surface area contributed by atoms with E-state index in [1.54, 1.807) is 12.1 Å². The quantitative estimate of drug-likeness (QED) is 0.754. The predicted octanol–water partition coefficient (Wildman–Crippen LogP) is -0.486. The van der Waals surface area contributed by atoms with Gasteiger partial charge in [-0.2, -0.15) is 0 Å². The van der Waals surface area contributed by atoms with E-state index in [2.05, 4.69) is 4.90 Å². The number of sulfonamides is 1. The van der Waals surface area contributed by atoms with Gasteiger partial charge in [0.15, 0.2) is 0 Å². The van der Waals surface area contributed by atoms with Gasteiger partial charge in [0.25, 0.3) is 15.9 Å². The maximum absolute atomic E-state index is 11.6. The van der Waals surface area contributed by atoms with Gasteiger partial charge in [0.1, 0.15) is 4.90 Å². The zero-order valence-corrected chi connectivity index (χ0v) is 10.4. The monoisotopic (exact) mass is 267 g/mol. The number of nitrogens with zero attached hydrogens (tertiary/aromatic N) is 1. The highest BCUT2D eigenvalue weighted by Crippen LogP contribution is 2.30. The van der Waals surface area contributed by atoms with Crippen LogP contribution in [0.1, 0.15) is 10.4 Å². The fraction of sp³-hybridized carbons (Fsp3) is 0.364. The minimum Gasteiger partial charge on any atom is -0.371 e. The Kier molecular flexibility index (Phi) is 2.36. The highest BCUT2D eigenvalue weighted by Gasteiger charge is 2.34. The summed E-state index contributed by atoms with van der Waals surface area (Å²) in [5, 5.41) is 0. The average molecular weight is 267 g/mol. The van der Waals surface area contributed by atoms with Crippen LogP contribution >= 0.6 is 0 Å². The molecule has 96 valence electrons. The first-order valence-corrected chi connectivity index (χ1v) is 7.16. The Balaban J connectivity index is 1.94. The van der Waals surface area contributed by atoms with Gasteiger partial charge in [-0.15, -0.1) is 0 Å². The average Bonchev–Trinajstić information content (AvgIpc) is 2.48. The maximum atomic E-state index is 11.6. The van der Waals surface area contributed by atoms with Gasteiger partial charge in [0.05, 0.1) is 5.56 Å². The van der Waals surface area contributed by atoms with E-state index in [9.17, 15) is 13.2 Å². The largest absolute Gasteiger partial charge is 0.371 e. The van der Waals surface area contributed by atoms with Crippen LogP contribution in [0.2, 0.25) is 0 Å². The van der Waals surface area contributed by atoms with Crippen molar-refractivity contribution in [1.82, 2.24) is 4.72 Å². The molecule has 0 atom stereocenters. The molecule has 0 aromatic heterocycles. The second-order valence-electron chi connectivity index (χ2n) is 4.62. The van der Waals surface area contributed by atoms with E-state index >= 15 is 0 Å². The minimum atomic E-state index is -3.64. The number of nitrogens with one attached hydrogen (secondary N) is 1. The van der Waals surface area contributed by atoms with E-state index in [4.69, 9.17) is 5.73 Å². The second kappa shape index (κ2) is 3.69. The van der Waals surface area contributed by atoms with Gasteiger partial charge in [-0.25, -0.2) is 13.1 Å². The molecule has 1 amide bonds. The SMILES string of the molecule is NCC1CN(c2ccc3c(c2)C(=O)NS3(=O)=O)C1. The van der Waals surface area contributed by atoms with Gasteiger partial charge in [-0.1, -0.05) is 0 Å². The number of benzene rings is 1. The molecular weight excluding hydrogens is 254 g/mol. The number of hydrogen-bond acceptors (Lipinski definition) is 5. The zero-order chi connectivity index (χ0) is 12.9. The Morgan fingerprint density at radius 2 is 2.11 bits per heavy atom. The topological polar surface area (TPSA) is 92.5 Å². The van der Waals surface area contributed by atoms with Crippen LogP contribution in [0, 0.1) is 5.92 Å². The highest BCUT2D eigenvalue weighted by molar-refractivity contribution is 7.90. The number of fused-ring (bicyclic) bond motifs is 1. The van der Waals surface area contributed by atoms with Crippen molar-refractivity contribution < 1.29 is 13.2 Å². The molecule has 1 saturated heterocycles. The summed E-state index contributed by atoms with van der Waals surface area (Å²) in [6.45, 7) is 2.35. The van der Waals surface area contributed by atoms with E-state index in [0.29, 0.717) is 12.5 Å². The molecule has 0 spiro atoms. The van der Waals surface area contributed by atoms with Crippen molar-refractivity contribution in [2.45, 2.75) is 4.90 Å². The van der Waals surface area contributed by atoms with Crippen molar-refractivity contribution in [3.05, 3.63) is 23.8 Å². The van der Waals surface area contributed by atoms with Gasteiger partial charge >= 0.3 is 0 Å². The van der Waals surface area contributed by atoms with Crippen LogP contribution in [0.25, 0.3) is 0 Å². The molecule has 2 heterocycles. The maximum Gasteiger partial charge on any atom is 0.266 e. The van der Waals surface area contributed by atoms with E-state index < -0.39 is 15.9 Å². The van der Waals surface area contributed by atoms with Crippen LogP contribution in [-0.4, -0.2) is 34.0 Å². The summed E-state index contributed by atoms with van der Waals surface area (Å²) in [5.41, 5.74) is 6.64. The summed E-state index contributed by atoms with van der Waals surface area (Å²) in [6.07, 6.45) is 0. The Morgan fingerprint density at radius 1 is 1.39 bits per heavy atom. The number of anilines is 1. The van der Waals surface area contributed by atoms with Crippen LogP contribution in [0.5, 0.6) is 0 Å². The number of hydrogen-bond donors (Lipinski definition) is 2. The fourth-order valence-corrected chi connectivity index (χ4v) is 3.44. The normalized spacial score (nSPS) is 21.4. The van der Waals surface area contributed by atoms with Crippen molar-refractivity contribution in [2.75, 3.05) is 24.5 Å². The van der Waals surface area contributed by atoms with Gasteiger partial charge < -0.3 is 10.6 Å². The molecule has 3 rings (SSSR count). The van der Waals surface area contributed by atoms with Gasteiger partial charge in [0.2, 0.25) is 0 Å². The third kappa shape index (κ3) is 1.58. The van der Waals surface area contributed by atoms with Crippen LogP contribution in [-0.2, 0) is 10.0 Å². The molecular formula is C11H13N3O3S. The first-order valence-electron chi connectivity index (χ1n) is 5.67. The molecule has 3 N–H and O–H groups in total. The van der Waals surface area contributed by atoms with Crippen LogP contribution < -0.4 is 15.4 Å². The van der Waals surface area contributed by atoms with Crippen LogP contribution in [0.3, 0.4) is 0 Å². The van der Waals surface area contributed by atoms with Crippen LogP contribution in [0.4, 0.5) is 5.69 Å². The lowest BCUT2D eigenvalue weighted by molar-refractivity contribution is 0.0985. The number of carbonyl (C=O) groups excluding carboxylic acids is 1.